The van der Waals surface area contributed by atoms with Crippen LogP contribution in [0, 0.1) is 13.8 Å². The number of carbonyl (C=O) groups excluding carboxylic acids is 1. The zero-order valence-corrected chi connectivity index (χ0v) is 13.7. The normalized spacial score (nSPS) is 18.3. The van der Waals surface area contributed by atoms with Gasteiger partial charge >= 0.3 is 5.97 Å². The van der Waals surface area contributed by atoms with Crippen LogP contribution in [0.2, 0.25) is 0 Å². The Kier molecular flexibility index (Phi) is 5.85. The van der Waals surface area contributed by atoms with Crippen molar-refractivity contribution in [1.82, 2.24) is 4.90 Å². The minimum absolute atomic E-state index is 0.00844. The number of rotatable bonds is 5. The van der Waals surface area contributed by atoms with E-state index in [2.05, 4.69) is 32.0 Å². The average Bonchev–Trinajstić information content (AvgIpc) is 2.51. The maximum Gasteiger partial charge on any atom is 0.334 e. The van der Waals surface area contributed by atoms with Crippen molar-refractivity contribution in [2.45, 2.75) is 31.3 Å². The smallest absolute Gasteiger partial charge is 0.334 e. The first kappa shape index (κ1) is 16.8. The molecule has 6 heteroatoms. The Morgan fingerprint density at radius 3 is 2.82 bits per heavy atom. The summed E-state index contributed by atoms with van der Waals surface area (Å²) in [4.78, 5) is 25.8. The van der Waals surface area contributed by atoms with Crippen LogP contribution in [0.15, 0.2) is 23.1 Å². The van der Waals surface area contributed by atoms with Gasteiger partial charge in [-0.25, -0.2) is 4.79 Å². The highest BCUT2D eigenvalue weighted by atomic mass is 32.2. The van der Waals surface area contributed by atoms with Crippen molar-refractivity contribution in [3.05, 3.63) is 29.3 Å². The van der Waals surface area contributed by atoms with E-state index in [-0.39, 0.29) is 19.1 Å². The molecule has 0 bridgehead atoms. The Hall–Kier alpha value is -1.53. The Morgan fingerprint density at radius 2 is 2.14 bits per heavy atom. The van der Waals surface area contributed by atoms with Crippen LogP contribution in [0.5, 0.6) is 0 Å². The summed E-state index contributed by atoms with van der Waals surface area (Å²) >= 11 is 1.65. The maximum atomic E-state index is 12.1. The quantitative estimate of drug-likeness (QED) is 0.841. The van der Waals surface area contributed by atoms with Gasteiger partial charge in [-0.05, 0) is 37.1 Å². The molecule has 1 aliphatic heterocycles. The molecule has 0 radical (unpaired) electrons. The number of hydrogen-bond acceptors (Lipinski definition) is 4. The van der Waals surface area contributed by atoms with Crippen LogP contribution in [0.1, 0.15) is 17.5 Å². The molecule has 1 saturated heterocycles. The van der Waals surface area contributed by atoms with Crippen molar-refractivity contribution in [3.8, 4) is 0 Å². The highest BCUT2D eigenvalue weighted by Crippen LogP contribution is 2.22. The van der Waals surface area contributed by atoms with Gasteiger partial charge in [-0.15, -0.1) is 11.8 Å². The predicted octanol–water partition coefficient (Wildman–Crippen LogP) is 2.10. The SMILES string of the molecule is Cc1ccc(SCCC(=O)N2CCOC(C(=O)O)C2)cc1C. The first-order valence-electron chi connectivity index (χ1n) is 7.29. The molecule has 2 rings (SSSR count). The van der Waals surface area contributed by atoms with Crippen LogP contribution in [0.25, 0.3) is 0 Å². The number of nitrogens with zero attached hydrogens (tertiary/aromatic N) is 1. The van der Waals surface area contributed by atoms with Gasteiger partial charge in [-0.1, -0.05) is 6.07 Å². The molecule has 0 spiro atoms. The summed E-state index contributed by atoms with van der Waals surface area (Å²) in [7, 11) is 0. The van der Waals surface area contributed by atoms with Crippen molar-refractivity contribution in [2.75, 3.05) is 25.4 Å². The Balaban J connectivity index is 1.79. The second kappa shape index (κ2) is 7.65. The van der Waals surface area contributed by atoms with Crippen molar-refractivity contribution in [1.29, 1.82) is 0 Å². The lowest BCUT2D eigenvalue weighted by atomic mass is 10.1. The lowest BCUT2D eigenvalue weighted by Gasteiger charge is -2.30. The fourth-order valence-corrected chi connectivity index (χ4v) is 3.18. The second-order valence-corrected chi connectivity index (χ2v) is 6.55. The molecule has 0 aromatic heterocycles. The van der Waals surface area contributed by atoms with Crippen molar-refractivity contribution in [2.24, 2.45) is 0 Å². The number of aliphatic carboxylic acids is 1. The van der Waals surface area contributed by atoms with E-state index in [0.29, 0.717) is 18.7 Å². The predicted molar refractivity (Wildman–Crippen MR) is 85.2 cm³/mol. The van der Waals surface area contributed by atoms with E-state index in [4.69, 9.17) is 9.84 Å². The molecule has 1 aliphatic rings. The summed E-state index contributed by atoms with van der Waals surface area (Å²) in [5, 5.41) is 8.94. The Morgan fingerprint density at radius 1 is 1.36 bits per heavy atom. The van der Waals surface area contributed by atoms with Crippen molar-refractivity contribution in [3.63, 3.8) is 0 Å². The number of carbonyl (C=O) groups is 2. The summed E-state index contributed by atoms with van der Waals surface area (Å²) in [5.41, 5.74) is 2.50. The second-order valence-electron chi connectivity index (χ2n) is 5.38. The first-order chi connectivity index (χ1) is 10.5. The summed E-state index contributed by atoms with van der Waals surface area (Å²) in [6.45, 7) is 5.04. The molecule has 120 valence electrons. The number of thioether (sulfide) groups is 1. The van der Waals surface area contributed by atoms with E-state index < -0.39 is 12.1 Å². The molecule has 22 heavy (non-hydrogen) atoms. The molecule has 1 aromatic carbocycles. The van der Waals surface area contributed by atoms with Gasteiger partial charge < -0.3 is 14.7 Å². The Labute approximate surface area is 134 Å². The van der Waals surface area contributed by atoms with Crippen LogP contribution < -0.4 is 0 Å². The number of ether oxygens (including phenoxy) is 1. The van der Waals surface area contributed by atoms with Gasteiger partial charge in [0, 0.05) is 23.6 Å². The summed E-state index contributed by atoms with van der Waals surface area (Å²) in [5.74, 6) is -0.330. The van der Waals surface area contributed by atoms with E-state index >= 15 is 0 Å². The minimum atomic E-state index is -1.01. The third kappa shape index (κ3) is 4.48. The fraction of sp³-hybridized carbons (Fsp3) is 0.500. The van der Waals surface area contributed by atoms with Gasteiger partial charge in [0.1, 0.15) is 0 Å². The molecule has 0 aliphatic carbocycles. The lowest BCUT2D eigenvalue weighted by Crippen LogP contribution is -2.48. The molecule has 1 fully saturated rings. The standard InChI is InChI=1S/C16H21NO4S/c1-11-3-4-13(9-12(11)2)22-8-5-15(18)17-6-7-21-14(10-17)16(19)20/h3-4,9,14H,5-8,10H2,1-2H3,(H,19,20). The van der Waals surface area contributed by atoms with Gasteiger partial charge in [-0.2, -0.15) is 0 Å². The van der Waals surface area contributed by atoms with Gasteiger partial charge in [0.2, 0.25) is 5.91 Å². The van der Waals surface area contributed by atoms with Crippen LogP contribution in [-0.4, -0.2) is 53.4 Å². The minimum Gasteiger partial charge on any atom is -0.479 e. The van der Waals surface area contributed by atoms with E-state index in [1.165, 1.54) is 11.1 Å². The molecular formula is C16H21NO4S. The number of amides is 1. The molecule has 5 nitrogen and oxygen atoms in total. The number of hydrogen-bond donors (Lipinski definition) is 1. The number of benzene rings is 1. The largest absolute Gasteiger partial charge is 0.479 e. The van der Waals surface area contributed by atoms with Crippen molar-refractivity contribution >= 4 is 23.6 Å². The summed E-state index contributed by atoms with van der Waals surface area (Å²) in [6, 6.07) is 6.27. The van der Waals surface area contributed by atoms with Crippen LogP contribution in [0.3, 0.4) is 0 Å². The third-order valence-electron chi connectivity index (χ3n) is 3.76. The zero-order chi connectivity index (χ0) is 16.1. The molecule has 1 aromatic rings. The van der Waals surface area contributed by atoms with E-state index in [1.54, 1.807) is 16.7 Å². The molecule has 1 N–H and O–H groups in total. The highest BCUT2D eigenvalue weighted by Gasteiger charge is 2.28. The molecular weight excluding hydrogens is 302 g/mol. The molecule has 1 heterocycles. The average molecular weight is 323 g/mol. The van der Waals surface area contributed by atoms with Gasteiger partial charge in [0.15, 0.2) is 6.10 Å². The third-order valence-corrected chi connectivity index (χ3v) is 4.75. The molecule has 1 amide bonds. The van der Waals surface area contributed by atoms with Crippen molar-refractivity contribution < 1.29 is 19.4 Å². The summed E-state index contributed by atoms with van der Waals surface area (Å²) < 4.78 is 5.12. The van der Waals surface area contributed by atoms with Gasteiger partial charge in [0.05, 0.1) is 13.2 Å². The van der Waals surface area contributed by atoms with E-state index in [1.807, 2.05) is 0 Å². The zero-order valence-electron chi connectivity index (χ0n) is 12.9. The number of aryl methyl sites for hydroxylation is 2. The number of carboxylic acids is 1. The number of carboxylic acid groups (broad SMARTS) is 1. The Bertz CT molecular complexity index is 561. The van der Waals surface area contributed by atoms with Crippen LogP contribution in [0.4, 0.5) is 0 Å². The highest BCUT2D eigenvalue weighted by molar-refractivity contribution is 7.99. The van der Waals surface area contributed by atoms with Crippen LogP contribution in [-0.2, 0) is 14.3 Å². The first-order valence-corrected chi connectivity index (χ1v) is 8.28. The molecule has 1 unspecified atom stereocenters. The lowest BCUT2D eigenvalue weighted by molar-refractivity contribution is -0.159. The van der Waals surface area contributed by atoms with Gasteiger partial charge in [0.25, 0.3) is 0 Å². The van der Waals surface area contributed by atoms with Crippen LogP contribution >= 0.6 is 11.8 Å². The van der Waals surface area contributed by atoms with Gasteiger partial charge in [-0.3, -0.25) is 4.79 Å². The maximum absolute atomic E-state index is 12.1. The fourth-order valence-electron chi connectivity index (χ4n) is 2.24. The molecule has 1 atom stereocenters. The topological polar surface area (TPSA) is 66.8 Å². The molecule has 0 saturated carbocycles. The van der Waals surface area contributed by atoms with E-state index in [0.717, 1.165) is 4.90 Å². The number of morpholine rings is 1. The monoisotopic (exact) mass is 323 g/mol. The van der Waals surface area contributed by atoms with E-state index in [9.17, 15) is 9.59 Å². The summed E-state index contributed by atoms with van der Waals surface area (Å²) in [6.07, 6.45) is -0.491.